The van der Waals surface area contributed by atoms with Crippen molar-refractivity contribution >= 4 is 86.5 Å². The molecule has 0 N–H and O–H groups in total. The van der Waals surface area contributed by atoms with Crippen molar-refractivity contribution in [2.24, 2.45) is 0 Å². The number of hydrogen-bond acceptors (Lipinski definition) is 5. The Labute approximate surface area is 350 Å². The van der Waals surface area contributed by atoms with Gasteiger partial charge in [0.1, 0.15) is 0 Å². The van der Waals surface area contributed by atoms with E-state index in [0.29, 0.717) is 0 Å². The number of rotatable bonds is 4. The first-order valence-electron chi connectivity index (χ1n) is 19.2. The topological polar surface area (TPSA) is 25.8 Å². The molecule has 0 spiro atoms. The Kier molecular flexibility index (Phi) is 9.19. The van der Waals surface area contributed by atoms with E-state index in [-0.39, 0.29) is 0 Å². The number of aryl methyl sites for hydroxylation is 3. The first-order chi connectivity index (χ1) is 28.4. The van der Waals surface area contributed by atoms with E-state index in [1.807, 2.05) is 34.8 Å². The molecular formula is C53H36N2S3. The quantitative estimate of drug-likeness (QED) is 0.166. The molecule has 6 heterocycles. The van der Waals surface area contributed by atoms with Crippen molar-refractivity contribution in [3.63, 3.8) is 0 Å². The molecule has 2 aliphatic rings. The normalized spacial score (nSPS) is 11.9. The van der Waals surface area contributed by atoms with Crippen molar-refractivity contribution in [1.82, 2.24) is 9.97 Å². The Balaban J connectivity index is 1.38. The summed E-state index contributed by atoms with van der Waals surface area (Å²) in [6, 6.07) is 48.3. The Morgan fingerprint density at radius 3 is 0.897 bits per heavy atom. The second-order valence-electron chi connectivity index (χ2n) is 14.7. The van der Waals surface area contributed by atoms with Crippen LogP contribution in [0.3, 0.4) is 0 Å². The Bertz CT molecular complexity index is 3220. The van der Waals surface area contributed by atoms with Crippen LogP contribution in [-0.4, -0.2) is 9.97 Å². The van der Waals surface area contributed by atoms with Crippen molar-refractivity contribution in [2.45, 2.75) is 20.8 Å². The van der Waals surface area contributed by atoms with Crippen LogP contribution in [0.25, 0.3) is 97.0 Å². The Morgan fingerprint density at radius 1 is 0.345 bits per heavy atom. The first kappa shape index (κ1) is 36.0. The predicted octanol–water partition coefficient (Wildman–Crippen LogP) is 15.5. The summed E-state index contributed by atoms with van der Waals surface area (Å²) in [5.41, 5.74) is 17.2. The molecule has 2 nitrogen and oxygen atoms in total. The van der Waals surface area contributed by atoms with Gasteiger partial charge < -0.3 is 0 Å². The summed E-state index contributed by atoms with van der Waals surface area (Å²) in [6.07, 6.45) is 14.5. The average molecular weight is 797 g/mol. The number of fused-ring (bicyclic) bond motifs is 11. The maximum atomic E-state index is 5.82. The summed E-state index contributed by atoms with van der Waals surface area (Å²) in [5, 5.41) is 0. The molecule has 8 aromatic rings. The minimum Gasteiger partial charge on any atom is -0.248 e. The van der Waals surface area contributed by atoms with Crippen LogP contribution in [-0.2, 0) is 0 Å². The highest BCUT2D eigenvalue weighted by Gasteiger charge is 2.19. The zero-order valence-electron chi connectivity index (χ0n) is 32.2. The number of hydrogen-bond donors (Lipinski definition) is 0. The smallest absolute Gasteiger partial charge is 0.0730 e. The van der Waals surface area contributed by atoms with E-state index in [0.717, 1.165) is 82.2 Å². The minimum atomic E-state index is 0.847. The molecule has 10 bridgehead atoms. The van der Waals surface area contributed by atoms with Crippen molar-refractivity contribution in [3.8, 4) is 56.9 Å². The molecule has 4 aromatic heterocycles. The van der Waals surface area contributed by atoms with Crippen molar-refractivity contribution in [1.29, 1.82) is 0 Å². The van der Waals surface area contributed by atoms with E-state index in [4.69, 9.17) is 16.4 Å². The van der Waals surface area contributed by atoms with Gasteiger partial charge in [-0.25, -0.2) is 9.97 Å². The summed E-state index contributed by atoms with van der Waals surface area (Å²) in [5.74, 6) is 2.79. The van der Waals surface area contributed by atoms with Gasteiger partial charge in [-0.3, -0.25) is 0 Å². The third-order valence-electron chi connectivity index (χ3n) is 10.7. The molecule has 0 saturated carbocycles. The van der Waals surface area contributed by atoms with Crippen LogP contribution in [0.4, 0.5) is 0 Å². The molecule has 10 rings (SSSR count). The molecular weight excluding hydrogens is 761 g/mol. The zero-order valence-corrected chi connectivity index (χ0v) is 34.7. The highest BCUT2D eigenvalue weighted by molar-refractivity contribution is 7.31. The van der Waals surface area contributed by atoms with Gasteiger partial charge in [0.25, 0.3) is 0 Å². The highest BCUT2D eigenvalue weighted by atomic mass is 32.1. The van der Waals surface area contributed by atoms with Crippen molar-refractivity contribution in [3.05, 3.63) is 178 Å². The van der Waals surface area contributed by atoms with Gasteiger partial charge in [-0.1, -0.05) is 108 Å². The summed E-state index contributed by atoms with van der Waals surface area (Å²) in [4.78, 5) is 11.0. The fraction of sp³-hybridized carbons (Fsp3) is 0.0566. The van der Waals surface area contributed by atoms with Crippen LogP contribution in [0.2, 0.25) is 0 Å². The van der Waals surface area contributed by atoms with Gasteiger partial charge in [0.2, 0.25) is 0 Å². The highest BCUT2D eigenvalue weighted by Crippen LogP contribution is 2.43. The van der Waals surface area contributed by atoms with Crippen LogP contribution < -0.4 is 0 Å². The number of benzene rings is 4. The van der Waals surface area contributed by atoms with Crippen LogP contribution in [0.15, 0.2) is 133 Å². The molecule has 0 aliphatic carbocycles. The van der Waals surface area contributed by atoms with Crippen LogP contribution in [0, 0.1) is 33.1 Å². The number of terminal acetylenes is 1. The van der Waals surface area contributed by atoms with E-state index in [2.05, 4.69) is 172 Å². The largest absolute Gasteiger partial charge is 0.248 e. The van der Waals surface area contributed by atoms with E-state index in [1.165, 1.54) is 35.5 Å². The molecule has 0 atom stereocenters. The predicted molar refractivity (Wildman–Crippen MR) is 254 cm³/mol. The van der Waals surface area contributed by atoms with Gasteiger partial charge in [0.05, 0.1) is 22.8 Å². The van der Waals surface area contributed by atoms with E-state index in [1.54, 1.807) is 11.3 Å². The second kappa shape index (κ2) is 14.8. The maximum absolute atomic E-state index is 5.82. The molecule has 0 amide bonds. The van der Waals surface area contributed by atoms with Crippen LogP contribution in [0.1, 0.15) is 45.0 Å². The minimum absolute atomic E-state index is 0.847. The lowest BCUT2D eigenvalue weighted by molar-refractivity contribution is 1.33. The molecule has 5 heteroatoms. The molecule has 0 saturated heterocycles. The van der Waals surface area contributed by atoms with Crippen LogP contribution >= 0.6 is 34.0 Å². The van der Waals surface area contributed by atoms with Gasteiger partial charge in [-0.15, -0.1) is 40.4 Å². The first-order valence-corrected chi connectivity index (χ1v) is 21.7. The molecule has 0 unspecified atom stereocenters. The maximum Gasteiger partial charge on any atom is 0.0730 e. The summed E-state index contributed by atoms with van der Waals surface area (Å²) in [7, 11) is 0. The van der Waals surface area contributed by atoms with E-state index in [9.17, 15) is 0 Å². The molecule has 2 aliphatic heterocycles. The second-order valence-corrected chi connectivity index (χ2v) is 18.0. The monoisotopic (exact) mass is 796 g/mol. The SMILES string of the molecule is C#Cc1ccc(-c2c3nc(c(-c4ccc(C)cc4)c4ccc(s4)c4ccc(s4)c(-c4ccc(C)cc4)c4nc(c(-c5ccc(C)cc5)c5ccc2s5)C=C4)C=C3)cc1. The van der Waals surface area contributed by atoms with Crippen molar-refractivity contribution < 1.29 is 0 Å². The molecule has 0 radical (unpaired) electrons. The van der Waals surface area contributed by atoms with Crippen molar-refractivity contribution in [2.75, 3.05) is 0 Å². The summed E-state index contributed by atoms with van der Waals surface area (Å²) >= 11 is 5.41. The molecule has 4 aromatic carbocycles. The summed E-state index contributed by atoms with van der Waals surface area (Å²) in [6.45, 7) is 6.40. The van der Waals surface area contributed by atoms with Crippen LogP contribution in [0.5, 0.6) is 0 Å². The van der Waals surface area contributed by atoms with E-state index < -0.39 is 0 Å². The Hall–Kier alpha value is -6.42. The van der Waals surface area contributed by atoms with E-state index >= 15 is 0 Å². The average Bonchev–Trinajstić information content (AvgIpc) is 4.10. The fourth-order valence-electron chi connectivity index (χ4n) is 7.66. The third kappa shape index (κ3) is 6.66. The van der Waals surface area contributed by atoms with Gasteiger partial charge in [0, 0.05) is 56.0 Å². The third-order valence-corrected chi connectivity index (χ3v) is 14.2. The van der Waals surface area contributed by atoms with Gasteiger partial charge in [-0.2, -0.15) is 0 Å². The molecule has 0 fully saturated rings. The number of nitrogens with zero attached hydrogens (tertiary/aromatic N) is 2. The number of aromatic nitrogens is 2. The summed E-state index contributed by atoms with van der Waals surface area (Å²) < 4.78 is 7.07. The lowest BCUT2D eigenvalue weighted by atomic mass is 10.0. The number of thiophene rings is 3. The zero-order chi connectivity index (χ0) is 39.3. The molecule has 276 valence electrons. The Morgan fingerprint density at radius 2 is 0.603 bits per heavy atom. The lowest BCUT2D eigenvalue weighted by Crippen LogP contribution is -1.87. The van der Waals surface area contributed by atoms with Gasteiger partial charge in [0.15, 0.2) is 0 Å². The molecule has 58 heavy (non-hydrogen) atoms. The lowest BCUT2D eigenvalue weighted by Gasteiger charge is -2.06. The fourth-order valence-corrected chi connectivity index (χ4v) is 11.1. The van der Waals surface area contributed by atoms with Gasteiger partial charge >= 0.3 is 0 Å². The van der Waals surface area contributed by atoms with Gasteiger partial charge in [-0.05, 0) is 116 Å². The standard InChI is InChI=1S/C53H36N2S3/c1-5-35-12-20-39(21-13-35)53-43-25-23-41(55-43)51(37-16-8-33(3)9-17-37)47-29-27-45(57-47)44-26-28-46(56-44)50(36-14-6-32(2)7-15-36)40-22-24-42(54-40)52(48-30-31-49(53)58-48)38-18-10-34(4)11-19-38/h1,6-31H,2-4H3.